The van der Waals surface area contributed by atoms with Gasteiger partial charge >= 0.3 is 5.97 Å². The van der Waals surface area contributed by atoms with Crippen LogP contribution < -0.4 is 5.32 Å². The summed E-state index contributed by atoms with van der Waals surface area (Å²) in [6.45, 7) is 5.39. The number of esters is 1. The summed E-state index contributed by atoms with van der Waals surface area (Å²) in [7, 11) is 0. The molecule has 0 amide bonds. The first-order chi connectivity index (χ1) is 12.6. The number of carbonyl (C=O) groups excluding carboxylic acids is 1. The average Bonchev–Trinajstić information content (AvgIpc) is 2.64. The van der Waals surface area contributed by atoms with E-state index in [9.17, 15) is 4.79 Å². The molecule has 0 bridgehead atoms. The van der Waals surface area contributed by atoms with Crippen LogP contribution in [0.15, 0.2) is 42.5 Å². The molecule has 0 aromatic heterocycles. The topological polar surface area (TPSA) is 38.3 Å². The van der Waals surface area contributed by atoms with E-state index in [1.165, 1.54) is 22.3 Å². The molecule has 26 heavy (non-hydrogen) atoms. The number of halogens is 1. The Hall–Kier alpha value is -1.84. The highest BCUT2D eigenvalue weighted by atomic mass is 35.5. The molecule has 2 unspecified atom stereocenters. The molecule has 3 rings (SSSR count). The molecule has 2 aromatic rings. The number of benzene rings is 2. The number of hydrogen-bond acceptors (Lipinski definition) is 3. The Morgan fingerprint density at radius 3 is 2.58 bits per heavy atom. The largest absolute Gasteiger partial charge is 0.466 e. The normalized spacial score (nSPS) is 18.1. The molecule has 0 spiro atoms. The van der Waals surface area contributed by atoms with Gasteiger partial charge in [0.25, 0.3) is 0 Å². The molecule has 0 heterocycles. The minimum Gasteiger partial charge on any atom is -0.466 e. The minimum atomic E-state index is -0.107. The zero-order chi connectivity index (χ0) is 18.5. The predicted octanol–water partition coefficient (Wildman–Crippen LogP) is 5.22. The van der Waals surface area contributed by atoms with Gasteiger partial charge in [-0.15, -0.1) is 0 Å². The van der Waals surface area contributed by atoms with E-state index in [0.29, 0.717) is 18.9 Å². The van der Waals surface area contributed by atoms with Gasteiger partial charge in [-0.25, -0.2) is 0 Å². The predicted molar refractivity (Wildman–Crippen MR) is 106 cm³/mol. The van der Waals surface area contributed by atoms with Gasteiger partial charge in [-0.1, -0.05) is 48.9 Å². The van der Waals surface area contributed by atoms with Gasteiger partial charge in [0.2, 0.25) is 0 Å². The Kier molecular flexibility index (Phi) is 6.33. The number of rotatable bonds is 7. The number of ether oxygens (including phenoxy) is 1. The third-order valence-corrected chi connectivity index (χ3v) is 5.30. The lowest BCUT2D eigenvalue weighted by Gasteiger charge is -2.33. The summed E-state index contributed by atoms with van der Waals surface area (Å²) in [5.41, 5.74) is 5.28. The van der Waals surface area contributed by atoms with Crippen molar-refractivity contribution in [1.29, 1.82) is 0 Å². The van der Waals surface area contributed by atoms with Gasteiger partial charge in [-0.05, 0) is 60.7 Å². The second-order valence-electron chi connectivity index (χ2n) is 6.77. The monoisotopic (exact) mass is 371 g/mol. The van der Waals surface area contributed by atoms with Gasteiger partial charge in [0.05, 0.1) is 12.6 Å². The Balaban J connectivity index is 1.71. The first-order valence-corrected chi connectivity index (χ1v) is 9.76. The van der Waals surface area contributed by atoms with Crippen LogP contribution in [0.5, 0.6) is 0 Å². The van der Waals surface area contributed by atoms with Gasteiger partial charge in [0.1, 0.15) is 0 Å². The fourth-order valence-corrected chi connectivity index (χ4v) is 3.96. The van der Waals surface area contributed by atoms with Gasteiger partial charge < -0.3 is 10.1 Å². The highest BCUT2D eigenvalue weighted by molar-refractivity contribution is 6.30. The molecule has 0 saturated carbocycles. The number of carbonyl (C=O) groups is 1. The summed E-state index contributed by atoms with van der Waals surface area (Å²) in [5, 5.41) is 4.47. The van der Waals surface area contributed by atoms with Crippen LogP contribution in [-0.4, -0.2) is 19.1 Å². The lowest BCUT2D eigenvalue weighted by atomic mass is 9.76. The number of nitrogens with one attached hydrogen (secondary N) is 1. The number of fused-ring (bicyclic) bond motifs is 2. The zero-order valence-corrected chi connectivity index (χ0v) is 16.2. The lowest BCUT2D eigenvalue weighted by Crippen LogP contribution is -2.29. The van der Waals surface area contributed by atoms with Crippen molar-refractivity contribution in [2.24, 2.45) is 0 Å². The summed E-state index contributed by atoms with van der Waals surface area (Å²) < 4.78 is 4.98. The van der Waals surface area contributed by atoms with Crippen LogP contribution in [0.25, 0.3) is 0 Å². The van der Waals surface area contributed by atoms with Crippen LogP contribution in [0.2, 0.25) is 5.02 Å². The number of hydrogen-bond donors (Lipinski definition) is 1. The molecule has 1 N–H and O–H groups in total. The third-order valence-electron chi connectivity index (χ3n) is 5.06. The zero-order valence-electron chi connectivity index (χ0n) is 15.4. The summed E-state index contributed by atoms with van der Waals surface area (Å²) in [4.78, 5) is 11.4. The van der Waals surface area contributed by atoms with E-state index >= 15 is 0 Å². The highest BCUT2D eigenvalue weighted by Crippen LogP contribution is 2.42. The van der Waals surface area contributed by atoms with Crippen molar-refractivity contribution in [3.63, 3.8) is 0 Å². The Bertz CT molecular complexity index is 774. The van der Waals surface area contributed by atoms with Crippen LogP contribution >= 0.6 is 11.6 Å². The standard InChI is InChI=1S/C22H26ClNO2/c1-3-26-21(25)10-6-7-13-24-22-18-9-5-4-8-17(18)15(2)20-14-16(23)11-12-19(20)22/h4-5,8-9,11-12,14-15,22,24H,3,6-7,10,13H2,1-2H3. The van der Waals surface area contributed by atoms with E-state index in [4.69, 9.17) is 16.3 Å². The third kappa shape index (κ3) is 4.11. The molecule has 138 valence electrons. The van der Waals surface area contributed by atoms with Crippen molar-refractivity contribution >= 4 is 17.6 Å². The molecule has 0 aliphatic heterocycles. The Morgan fingerprint density at radius 2 is 1.81 bits per heavy atom. The molecule has 2 atom stereocenters. The molecule has 0 fully saturated rings. The quantitative estimate of drug-likeness (QED) is 0.535. The maximum Gasteiger partial charge on any atom is 0.305 e. The van der Waals surface area contributed by atoms with Crippen molar-refractivity contribution in [2.75, 3.05) is 13.2 Å². The molecule has 0 radical (unpaired) electrons. The van der Waals surface area contributed by atoms with E-state index in [0.717, 1.165) is 24.4 Å². The molecule has 1 aliphatic carbocycles. The minimum absolute atomic E-state index is 0.107. The van der Waals surface area contributed by atoms with Crippen molar-refractivity contribution in [2.45, 2.75) is 45.1 Å². The molecule has 0 saturated heterocycles. The summed E-state index contributed by atoms with van der Waals surface area (Å²) in [5.74, 6) is 0.228. The van der Waals surface area contributed by atoms with Gasteiger partial charge in [0.15, 0.2) is 0 Å². The fraction of sp³-hybridized carbons (Fsp3) is 0.409. The molecule has 3 nitrogen and oxygen atoms in total. The smallest absolute Gasteiger partial charge is 0.305 e. The second kappa shape index (κ2) is 8.70. The SMILES string of the molecule is CCOC(=O)CCCCNC1c2ccccc2C(C)c2cc(Cl)ccc21. The van der Waals surface area contributed by atoms with Crippen LogP contribution in [0.4, 0.5) is 0 Å². The molecular weight excluding hydrogens is 346 g/mol. The van der Waals surface area contributed by atoms with Crippen LogP contribution in [0.3, 0.4) is 0 Å². The number of unbranched alkanes of at least 4 members (excludes halogenated alkanes) is 1. The van der Waals surface area contributed by atoms with Crippen molar-refractivity contribution < 1.29 is 9.53 Å². The van der Waals surface area contributed by atoms with E-state index < -0.39 is 0 Å². The summed E-state index contributed by atoms with van der Waals surface area (Å²) >= 11 is 6.25. The Morgan fingerprint density at radius 1 is 1.08 bits per heavy atom. The molecule has 2 aromatic carbocycles. The molecule has 4 heteroatoms. The fourth-order valence-electron chi connectivity index (χ4n) is 3.78. The van der Waals surface area contributed by atoms with E-state index in [2.05, 4.69) is 48.6 Å². The lowest BCUT2D eigenvalue weighted by molar-refractivity contribution is -0.143. The maximum absolute atomic E-state index is 11.4. The van der Waals surface area contributed by atoms with E-state index in [1.807, 2.05) is 13.0 Å². The van der Waals surface area contributed by atoms with Crippen LogP contribution in [-0.2, 0) is 9.53 Å². The van der Waals surface area contributed by atoms with Crippen molar-refractivity contribution in [3.05, 3.63) is 69.7 Å². The summed E-state index contributed by atoms with van der Waals surface area (Å²) in [6.07, 6.45) is 2.26. The van der Waals surface area contributed by atoms with Crippen LogP contribution in [0.1, 0.15) is 67.3 Å². The van der Waals surface area contributed by atoms with Gasteiger partial charge in [-0.2, -0.15) is 0 Å². The second-order valence-corrected chi connectivity index (χ2v) is 7.21. The first-order valence-electron chi connectivity index (χ1n) is 9.39. The van der Waals surface area contributed by atoms with Crippen molar-refractivity contribution in [1.82, 2.24) is 5.32 Å². The average molecular weight is 372 g/mol. The van der Waals surface area contributed by atoms with Crippen LogP contribution in [0, 0.1) is 0 Å². The highest BCUT2D eigenvalue weighted by Gasteiger charge is 2.29. The van der Waals surface area contributed by atoms with E-state index in [-0.39, 0.29) is 12.0 Å². The Labute approximate surface area is 160 Å². The molecule has 1 aliphatic rings. The van der Waals surface area contributed by atoms with E-state index in [1.54, 1.807) is 0 Å². The first kappa shape index (κ1) is 18.9. The molecular formula is C22H26ClNO2. The summed E-state index contributed by atoms with van der Waals surface area (Å²) in [6, 6.07) is 15.0. The maximum atomic E-state index is 11.4. The van der Waals surface area contributed by atoms with Gasteiger partial charge in [-0.3, -0.25) is 4.79 Å². The van der Waals surface area contributed by atoms with Crippen molar-refractivity contribution in [3.8, 4) is 0 Å². The van der Waals surface area contributed by atoms with Gasteiger partial charge in [0, 0.05) is 17.4 Å².